The maximum absolute atomic E-state index is 12.1. The van der Waals surface area contributed by atoms with Crippen LogP contribution >= 0.6 is 0 Å². The lowest BCUT2D eigenvalue weighted by Gasteiger charge is -2.11. The molecule has 0 aliphatic carbocycles. The fraction of sp³-hybridized carbons (Fsp3) is 0.375. The molecule has 0 bridgehead atoms. The Morgan fingerprint density at radius 3 is 2.86 bits per heavy atom. The molecule has 1 unspecified atom stereocenters. The molecule has 5 nitrogen and oxygen atoms in total. The molecule has 110 valence electrons. The lowest BCUT2D eigenvalue weighted by atomic mass is 10.2. The van der Waals surface area contributed by atoms with Crippen LogP contribution < -0.4 is 10.6 Å². The number of hydrogen-bond donors (Lipinski definition) is 2. The molecule has 1 aliphatic heterocycles. The summed E-state index contributed by atoms with van der Waals surface area (Å²) in [7, 11) is 0. The Kier molecular flexibility index (Phi) is 4.01. The minimum Gasteiger partial charge on any atom is -0.350 e. The van der Waals surface area contributed by atoms with Gasteiger partial charge in [-0.05, 0) is 56.1 Å². The molecule has 21 heavy (non-hydrogen) atoms. The molecule has 0 spiro atoms. The zero-order valence-corrected chi connectivity index (χ0v) is 12.2. The maximum Gasteiger partial charge on any atom is 0.251 e. The lowest BCUT2D eigenvalue weighted by Crippen LogP contribution is -2.37. The summed E-state index contributed by atoms with van der Waals surface area (Å²) >= 11 is 0. The van der Waals surface area contributed by atoms with Crippen molar-refractivity contribution in [1.29, 1.82) is 0 Å². The molecule has 1 fully saturated rings. The number of benzene rings is 1. The van der Waals surface area contributed by atoms with Crippen LogP contribution in [0.1, 0.15) is 28.8 Å². The van der Waals surface area contributed by atoms with Crippen molar-refractivity contribution in [3.05, 3.63) is 47.8 Å². The highest BCUT2D eigenvalue weighted by Crippen LogP contribution is 2.10. The van der Waals surface area contributed by atoms with E-state index in [1.54, 1.807) is 4.68 Å². The van der Waals surface area contributed by atoms with Crippen LogP contribution in [0.4, 0.5) is 0 Å². The molecular weight excluding hydrogens is 264 g/mol. The third kappa shape index (κ3) is 3.31. The number of nitrogens with one attached hydrogen (secondary N) is 2. The highest BCUT2D eigenvalue weighted by atomic mass is 16.1. The van der Waals surface area contributed by atoms with E-state index in [1.807, 2.05) is 43.6 Å². The van der Waals surface area contributed by atoms with Gasteiger partial charge in [-0.3, -0.25) is 4.79 Å². The molecule has 1 aromatic carbocycles. The molecule has 1 saturated heterocycles. The van der Waals surface area contributed by atoms with Crippen molar-refractivity contribution in [3.8, 4) is 5.69 Å². The van der Waals surface area contributed by atoms with E-state index in [0.29, 0.717) is 18.2 Å². The Hall–Kier alpha value is -2.14. The topological polar surface area (TPSA) is 59.0 Å². The highest BCUT2D eigenvalue weighted by molar-refractivity contribution is 5.94. The Labute approximate surface area is 124 Å². The van der Waals surface area contributed by atoms with Gasteiger partial charge in [0.05, 0.1) is 11.9 Å². The van der Waals surface area contributed by atoms with Crippen molar-refractivity contribution in [2.45, 2.75) is 25.8 Å². The average Bonchev–Trinajstić information content (AvgIpc) is 3.16. The number of aryl methyl sites for hydroxylation is 1. The van der Waals surface area contributed by atoms with E-state index in [2.05, 4.69) is 15.7 Å². The third-order valence-electron chi connectivity index (χ3n) is 3.78. The second-order valence-electron chi connectivity index (χ2n) is 5.51. The van der Waals surface area contributed by atoms with Gasteiger partial charge in [0.2, 0.25) is 0 Å². The molecule has 2 N–H and O–H groups in total. The summed E-state index contributed by atoms with van der Waals surface area (Å²) in [6.45, 7) is 3.75. The zero-order valence-electron chi connectivity index (χ0n) is 12.2. The van der Waals surface area contributed by atoms with Gasteiger partial charge in [0, 0.05) is 24.3 Å². The quantitative estimate of drug-likeness (QED) is 0.898. The summed E-state index contributed by atoms with van der Waals surface area (Å²) < 4.78 is 1.81. The van der Waals surface area contributed by atoms with Crippen LogP contribution in [0.3, 0.4) is 0 Å². The van der Waals surface area contributed by atoms with Crippen molar-refractivity contribution in [3.63, 3.8) is 0 Å². The fourth-order valence-corrected chi connectivity index (χ4v) is 2.57. The smallest absolute Gasteiger partial charge is 0.251 e. The van der Waals surface area contributed by atoms with Gasteiger partial charge in [-0.2, -0.15) is 5.10 Å². The van der Waals surface area contributed by atoms with Crippen molar-refractivity contribution in [2.75, 3.05) is 13.1 Å². The van der Waals surface area contributed by atoms with Crippen molar-refractivity contribution in [1.82, 2.24) is 20.4 Å². The van der Waals surface area contributed by atoms with Gasteiger partial charge in [-0.15, -0.1) is 0 Å². The van der Waals surface area contributed by atoms with Gasteiger partial charge in [0.1, 0.15) is 0 Å². The van der Waals surface area contributed by atoms with Crippen LogP contribution in [0.15, 0.2) is 36.7 Å². The molecular formula is C16H20N4O. The SMILES string of the molecule is Cc1cnn(-c2ccc(C(=O)NCC3CCCN3)cc2)c1. The standard InChI is InChI=1S/C16H20N4O/c1-12-9-19-20(11-12)15-6-4-13(5-7-15)16(21)18-10-14-3-2-8-17-14/h4-7,9,11,14,17H,2-3,8,10H2,1H3,(H,18,21). The van der Waals surface area contributed by atoms with E-state index in [-0.39, 0.29) is 5.91 Å². The lowest BCUT2D eigenvalue weighted by molar-refractivity contribution is 0.0950. The summed E-state index contributed by atoms with van der Waals surface area (Å²) in [5, 5.41) is 10.6. The Morgan fingerprint density at radius 1 is 1.43 bits per heavy atom. The molecule has 2 heterocycles. The molecule has 3 rings (SSSR count). The van der Waals surface area contributed by atoms with Crippen molar-refractivity contribution >= 4 is 5.91 Å². The summed E-state index contributed by atoms with van der Waals surface area (Å²) in [4.78, 5) is 12.1. The van der Waals surface area contributed by atoms with Crippen molar-refractivity contribution in [2.24, 2.45) is 0 Å². The number of amides is 1. The molecule has 1 aliphatic rings. The second kappa shape index (κ2) is 6.10. The number of rotatable bonds is 4. The van der Waals surface area contributed by atoms with E-state index in [9.17, 15) is 4.79 Å². The van der Waals surface area contributed by atoms with Crippen LogP contribution in [-0.4, -0.2) is 34.8 Å². The Balaban J connectivity index is 1.61. The first-order chi connectivity index (χ1) is 10.2. The largest absolute Gasteiger partial charge is 0.350 e. The second-order valence-corrected chi connectivity index (χ2v) is 5.51. The van der Waals surface area contributed by atoms with Gasteiger partial charge < -0.3 is 10.6 Å². The summed E-state index contributed by atoms with van der Waals surface area (Å²) in [5.74, 6) is -0.0214. The van der Waals surface area contributed by atoms with Crippen LogP contribution in [0, 0.1) is 6.92 Å². The van der Waals surface area contributed by atoms with Gasteiger partial charge in [0.15, 0.2) is 0 Å². The summed E-state index contributed by atoms with van der Waals surface area (Å²) in [6.07, 6.45) is 6.10. The number of hydrogen-bond acceptors (Lipinski definition) is 3. The number of aromatic nitrogens is 2. The first kappa shape index (κ1) is 13.8. The molecule has 0 saturated carbocycles. The van der Waals surface area contributed by atoms with E-state index >= 15 is 0 Å². The Morgan fingerprint density at radius 2 is 2.24 bits per heavy atom. The zero-order chi connectivity index (χ0) is 14.7. The van der Waals surface area contributed by atoms with Crippen molar-refractivity contribution < 1.29 is 4.79 Å². The van der Waals surface area contributed by atoms with E-state index in [1.165, 1.54) is 6.42 Å². The Bertz CT molecular complexity index is 611. The fourth-order valence-electron chi connectivity index (χ4n) is 2.57. The first-order valence-corrected chi connectivity index (χ1v) is 7.36. The van der Waals surface area contributed by atoms with Gasteiger partial charge in [-0.25, -0.2) is 4.68 Å². The molecule has 2 aromatic rings. The summed E-state index contributed by atoms with van der Waals surface area (Å²) in [5.41, 5.74) is 2.75. The number of carbonyl (C=O) groups excluding carboxylic acids is 1. The highest BCUT2D eigenvalue weighted by Gasteiger charge is 2.15. The first-order valence-electron chi connectivity index (χ1n) is 7.36. The number of carbonyl (C=O) groups is 1. The molecule has 0 radical (unpaired) electrons. The number of nitrogens with zero attached hydrogens (tertiary/aromatic N) is 2. The predicted octanol–water partition coefficient (Wildman–Crippen LogP) is 1.66. The molecule has 1 amide bonds. The van der Waals surface area contributed by atoms with E-state index < -0.39 is 0 Å². The van der Waals surface area contributed by atoms with Gasteiger partial charge in [0.25, 0.3) is 5.91 Å². The maximum atomic E-state index is 12.1. The molecule has 1 atom stereocenters. The van der Waals surface area contributed by atoms with Crippen LogP contribution in [-0.2, 0) is 0 Å². The third-order valence-corrected chi connectivity index (χ3v) is 3.78. The monoisotopic (exact) mass is 284 g/mol. The normalized spacial score (nSPS) is 17.9. The van der Waals surface area contributed by atoms with Gasteiger partial charge >= 0.3 is 0 Å². The van der Waals surface area contributed by atoms with Crippen LogP contribution in [0.2, 0.25) is 0 Å². The van der Waals surface area contributed by atoms with E-state index in [4.69, 9.17) is 0 Å². The minimum atomic E-state index is -0.0214. The minimum absolute atomic E-state index is 0.0214. The molecule has 5 heteroatoms. The van der Waals surface area contributed by atoms with Crippen LogP contribution in [0.25, 0.3) is 5.69 Å². The van der Waals surface area contributed by atoms with E-state index in [0.717, 1.165) is 24.2 Å². The summed E-state index contributed by atoms with van der Waals surface area (Å²) in [6, 6.07) is 7.91. The predicted molar refractivity (Wildman–Crippen MR) is 81.7 cm³/mol. The van der Waals surface area contributed by atoms with Gasteiger partial charge in [-0.1, -0.05) is 0 Å². The average molecular weight is 284 g/mol. The van der Waals surface area contributed by atoms with Crippen LogP contribution in [0.5, 0.6) is 0 Å². The molecule has 1 aromatic heterocycles.